The molecule has 1 aromatic heterocycles. The quantitative estimate of drug-likeness (QED) is 0.486. The summed E-state index contributed by atoms with van der Waals surface area (Å²) in [5, 5.41) is 2.61. The van der Waals surface area contributed by atoms with E-state index < -0.39 is 6.36 Å². The number of para-hydroxylation sites is 2. The van der Waals surface area contributed by atoms with E-state index in [1.165, 1.54) is 18.2 Å². The summed E-state index contributed by atoms with van der Waals surface area (Å²) in [6.07, 6.45) is 1.15. The third-order valence-corrected chi connectivity index (χ3v) is 2.79. The summed E-state index contributed by atoms with van der Waals surface area (Å²) in [7, 11) is 0. The fourth-order valence-corrected chi connectivity index (χ4v) is 1.83. The van der Waals surface area contributed by atoms with Gasteiger partial charge in [0, 0.05) is 25.5 Å². The number of aliphatic imine (C=N–C) groups is 1. The Balaban J connectivity index is 1.89. The maximum absolute atomic E-state index is 12.3. The molecule has 0 fully saturated rings. The molecule has 124 valence electrons. The van der Waals surface area contributed by atoms with Crippen LogP contribution in [0.5, 0.6) is 5.75 Å². The number of guanidine groups is 1. The number of benzene rings is 1. The standard InChI is InChI=1S/C14H16F3N5O/c15-14(16,17)23-12-5-2-1-4-11(12)21-13(18)20-6-3-8-22-9-7-19-10-22/h1-2,4-5,7,9-10H,3,6,8H2,(H3,18,20,21). The van der Waals surface area contributed by atoms with Crippen LogP contribution in [0.2, 0.25) is 0 Å². The first-order chi connectivity index (χ1) is 10.9. The van der Waals surface area contributed by atoms with Crippen LogP contribution in [0.4, 0.5) is 18.9 Å². The van der Waals surface area contributed by atoms with Gasteiger partial charge in [-0.25, -0.2) is 4.98 Å². The van der Waals surface area contributed by atoms with Crippen LogP contribution >= 0.6 is 0 Å². The van der Waals surface area contributed by atoms with Gasteiger partial charge in [-0.05, 0) is 18.6 Å². The van der Waals surface area contributed by atoms with E-state index in [0.29, 0.717) is 6.54 Å². The van der Waals surface area contributed by atoms with E-state index in [1.54, 1.807) is 18.6 Å². The minimum absolute atomic E-state index is 0.0221. The molecule has 0 atom stereocenters. The fraction of sp³-hybridized carbons (Fsp3) is 0.286. The Kier molecular flexibility index (Phi) is 5.45. The zero-order valence-corrected chi connectivity index (χ0v) is 12.1. The molecule has 0 aliphatic heterocycles. The second-order valence-corrected chi connectivity index (χ2v) is 4.59. The lowest BCUT2D eigenvalue weighted by Gasteiger charge is -2.14. The SMILES string of the molecule is NC(=NCCCn1ccnc1)Nc1ccccc1OC(F)(F)F. The first-order valence-electron chi connectivity index (χ1n) is 6.81. The van der Waals surface area contributed by atoms with E-state index >= 15 is 0 Å². The second-order valence-electron chi connectivity index (χ2n) is 4.59. The number of aryl methyl sites for hydroxylation is 1. The third kappa shape index (κ3) is 5.89. The Morgan fingerprint density at radius 3 is 2.83 bits per heavy atom. The molecule has 0 saturated carbocycles. The van der Waals surface area contributed by atoms with Gasteiger partial charge in [-0.1, -0.05) is 12.1 Å². The summed E-state index contributed by atoms with van der Waals surface area (Å²) >= 11 is 0. The van der Waals surface area contributed by atoms with Gasteiger partial charge in [-0.15, -0.1) is 13.2 Å². The third-order valence-electron chi connectivity index (χ3n) is 2.79. The number of hydrogen-bond acceptors (Lipinski definition) is 3. The monoisotopic (exact) mass is 327 g/mol. The molecule has 3 N–H and O–H groups in total. The Morgan fingerprint density at radius 1 is 1.35 bits per heavy atom. The van der Waals surface area contributed by atoms with Crippen LogP contribution in [0.15, 0.2) is 48.0 Å². The normalized spacial score (nSPS) is 12.2. The van der Waals surface area contributed by atoms with E-state index in [-0.39, 0.29) is 17.4 Å². The summed E-state index contributed by atoms with van der Waals surface area (Å²) in [5.41, 5.74) is 5.78. The van der Waals surface area contributed by atoms with Gasteiger partial charge in [-0.2, -0.15) is 0 Å². The highest BCUT2D eigenvalue weighted by molar-refractivity contribution is 5.93. The molecular weight excluding hydrogens is 311 g/mol. The van der Waals surface area contributed by atoms with Gasteiger partial charge in [0.15, 0.2) is 11.7 Å². The van der Waals surface area contributed by atoms with E-state index in [0.717, 1.165) is 13.0 Å². The highest BCUT2D eigenvalue weighted by atomic mass is 19.4. The van der Waals surface area contributed by atoms with Crippen molar-refractivity contribution in [1.29, 1.82) is 0 Å². The van der Waals surface area contributed by atoms with Crippen molar-refractivity contribution in [3.05, 3.63) is 43.0 Å². The summed E-state index contributed by atoms with van der Waals surface area (Å²) in [6, 6.07) is 5.62. The highest BCUT2D eigenvalue weighted by Gasteiger charge is 2.32. The smallest absolute Gasteiger partial charge is 0.404 e. The van der Waals surface area contributed by atoms with Gasteiger partial charge in [0.1, 0.15) is 0 Å². The van der Waals surface area contributed by atoms with Crippen LogP contribution in [-0.2, 0) is 6.54 Å². The number of alkyl halides is 3. The Morgan fingerprint density at radius 2 is 2.13 bits per heavy atom. The van der Waals surface area contributed by atoms with Crippen LogP contribution < -0.4 is 15.8 Å². The van der Waals surface area contributed by atoms with Crippen molar-refractivity contribution < 1.29 is 17.9 Å². The van der Waals surface area contributed by atoms with Gasteiger partial charge in [0.05, 0.1) is 12.0 Å². The molecule has 2 aromatic rings. The average Bonchev–Trinajstić information content (AvgIpc) is 2.97. The van der Waals surface area contributed by atoms with Crippen molar-refractivity contribution in [3.63, 3.8) is 0 Å². The van der Waals surface area contributed by atoms with Gasteiger partial charge in [0.2, 0.25) is 0 Å². The number of imidazole rings is 1. The lowest BCUT2D eigenvalue weighted by molar-refractivity contribution is -0.274. The summed E-state index contributed by atoms with van der Waals surface area (Å²) < 4.78 is 42.8. The molecule has 9 heteroatoms. The molecule has 0 unspecified atom stereocenters. The Bertz CT molecular complexity index is 640. The number of hydrogen-bond donors (Lipinski definition) is 2. The first-order valence-corrected chi connectivity index (χ1v) is 6.81. The van der Waals surface area contributed by atoms with Crippen molar-refractivity contribution in [1.82, 2.24) is 9.55 Å². The van der Waals surface area contributed by atoms with E-state index in [2.05, 4.69) is 20.0 Å². The number of ether oxygens (including phenoxy) is 1. The first kappa shape index (κ1) is 16.7. The van der Waals surface area contributed by atoms with Crippen molar-refractivity contribution in [2.45, 2.75) is 19.3 Å². The van der Waals surface area contributed by atoms with Crippen LogP contribution in [-0.4, -0.2) is 28.4 Å². The lowest BCUT2D eigenvalue weighted by Crippen LogP contribution is -2.24. The number of nitrogens with two attached hydrogens (primary N) is 1. The van der Waals surface area contributed by atoms with E-state index in [1.807, 2.05) is 10.8 Å². The maximum Gasteiger partial charge on any atom is 0.573 e. The summed E-state index contributed by atoms with van der Waals surface area (Å²) in [5.74, 6) is -0.342. The molecular formula is C14H16F3N5O. The number of nitrogens with one attached hydrogen (secondary N) is 1. The fourth-order valence-electron chi connectivity index (χ4n) is 1.83. The zero-order chi connectivity index (χ0) is 16.7. The van der Waals surface area contributed by atoms with Crippen LogP contribution in [0.25, 0.3) is 0 Å². The van der Waals surface area contributed by atoms with Crippen molar-refractivity contribution in [2.75, 3.05) is 11.9 Å². The minimum Gasteiger partial charge on any atom is -0.404 e. The summed E-state index contributed by atoms with van der Waals surface area (Å²) in [4.78, 5) is 7.98. The van der Waals surface area contributed by atoms with Gasteiger partial charge in [0.25, 0.3) is 0 Å². The Labute approximate surface area is 130 Å². The molecule has 0 radical (unpaired) electrons. The van der Waals surface area contributed by atoms with Crippen LogP contribution in [0, 0.1) is 0 Å². The predicted octanol–water partition coefficient (Wildman–Crippen LogP) is 2.60. The molecule has 0 amide bonds. The number of rotatable bonds is 6. The molecule has 23 heavy (non-hydrogen) atoms. The van der Waals surface area contributed by atoms with Crippen molar-refractivity contribution in [3.8, 4) is 5.75 Å². The molecule has 0 spiro atoms. The molecule has 0 bridgehead atoms. The predicted molar refractivity (Wildman–Crippen MR) is 80.1 cm³/mol. The van der Waals surface area contributed by atoms with Gasteiger partial charge >= 0.3 is 6.36 Å². The number of anilines is 1. The molecule has 0 aliphatic carbocycles. The molecule has 1 aromatic carbocycles. The van der Waals surface area contributed by atoms with E-state index in [9.17, 15) is 13.2 Å². The lowest BCUT2D eigenvalue weighted by atomic mass is 10.3. The topological polar surface area (TPSA) is 77.5 Å². The van der Waals surface area contributed by atoms with Crippen LogP contribution in [0.1, 0.15) is 6.42 Å². The molecule has 6 nitrogen and oxygen atoms in total. The van der Waals surface area contributed by atoms with Crippen LogP contribution in [0.3, 0.4) is 0 Å². The number of halogens is 3. The van der Waals surface area contributed by atoms with Crippen molar-refractivity contribution >= 4 is 11.6 Å². The summed E-state index contributed by atoms with van der Waals surface area (Å²) in [6.45, 7) is 1.16. The zero-order valence-electron chi connectivity index (χ0n) is 12.1. The highest BCUT2D eigenvalue weighted by Crippen LogP contribution is 2.29. The largest absolute Gasteiger partial charge is 0.573 e. The number of nitrogens with zero attached hydrogens (tertiary/aromatic N) is 3. The molecule has 2 rings (SSSR count). The van der Waals surface area contributed by atoms with Crippen molar-refractivity contribution in [2.24, 2.45) is 10.7 Å². The van der Waals surface area contributed by atoms with Gasteiger partial charge < -0.3 is 20.4 Å². The molecule has 1 heterocycles. The maximum atomic E-state index is 12.3. The second kappa shape index (κ2) is 7.52. The van der Waals surface area contributed by atoms with Gasteiger partial charge in [-0.3, -0.25) is 4.99 Å². The average molecular weight is 327 g/mol. The molecule has 0 aliphatic rings. The Hall–Kier alpha value is -2.71. The number of aromatic nitrogens is 2. The van der Waals surface area contributed by atoms with E-state index in [4.69, 9.17) is 5.73 Å². The molecule has 0 saturated heterocycles. The minimum atomic E-state index is -4.77.